The number of benzene rings is 3. The van der Waals surface area contributed by atoms with Gasteiger partial charge in [0.15, 0.2) is 4.80 Å². The Morgan fingerprint density at radius 3 is 2.42 bits per heavy atom. The maximum absolute atomic E-state index is 14.1. The number of fused-ring (bicyclic) bond motifs is 1. The van der Waals surface area contributed by atoms with Gasteiger partial charge in [0.2, 0.25) is 0 Å². The summed E-state index contributed by atoms with van der Waals surface area (Å²) in [6, 6.07) is 19.7. The Bertz CT molecular complexity index is 1790. The van der Waals surface area contributed by atoms with Gasteiger partial charge in [-0.2, -0.15) is 0 Å². The molecule has 0 unspecified atom stereocenters. The van der Waals surface area contributed by atoms with Gasteiger partial charge in [0.1, 0.15) is 11.5 Å². The predicted octanol–water partition coefficient (Wildman–Crippen LogP) is 5.48. The maximum atomic E-state index is 14.1. The lowest BCUT2D eigenvalue weighted by Crippen LogP contribution is -2.40. The van der Waals surface area contributed by atoms with E-state index in [1.54, 1.807) is 43.9 Å². The number of nitrogens with zero attached hydrogens (tertiary/aromatic N) is 2. The third kappa shape index (κ3) is 5.31. The van der Waals surface area contributed by atoms with Crippen molar-refractivity contribution < 1.29 is 19.0 Å². The third-order valence-electron chi connectivity index (χ3n) is 6.33. The minimum Gasteiger partial charge on any atom is -0.497 e. The van der Waals surface area contributed by atoms with Crippen LogP contribution in [0.25, 0.3) is 11.8 Å². The van der Waals surface area contributed by atoms with Crippen molar-refractivity contribution >= 4 is 60.9 Å². The van der Waals surface area contributed by atoms with E-state index >= 15 is 0 Å². The summed E-state index contributed by atoms with van der Waals surface area (Å²) in [5.41, 5.74) is 2.66. The highest BCUT2D eigenvalue weighted by molar-refractivity contribution is 9.11. The van der Waals surface area contributed by atoms with Crippen LogP contribution < -0.4 is 24.4 Å². The lowest BCUT2D eigenvalue weighted by Gasteiger charge is -2.26. The average molecular weight is 684 g/mol. The van der Waals surface area contributed by atoms with Crippen molar-refractivity contribution in [2.24, 2.45) is 4.99 Å². The fourth-order valence-corrected chi connectivity index (χ4v) is 7.00. The first kappa shape index (κ1) is 28.1. The molecule has 5 rings (SSSR count). The van der Waals surface area contributed by atoms with Crippen molar-refractivity contribution in [1.29, 1.82) is 0 Å². The second kappa shape index (κ2) is 12.0. The Labute approximate surface area is 251 Å². The number of esters is 1. The van der Waals surface area contributed by atoms with E-state index in [0.29, 0.717) is 37.7 Å². The predicted molar refractivity (Wildman–Crippen MR) is 162 cm³/mol. The number of thiazole rings is 1. The van der Waals surface area contributed by atoms with Crippen molar-refractivity contribution in [2.45, 2.75) is 13.0 Å². The molecule has 2 heterocycles. The van der Waals surface area contributed by atoms with Crippen LogP contribution in [0, 0.1) is 0 Å². The summed E-state index contributed by atoms with van der Waals surface area (Å²) in [6.45, 7) is 1.93. The van der Waals surface area contributed by atoms with E-state index in [4.69, 9.17) is 19.2 Å². The highest BCUT2D eigenvalue weighted by Crippen LogP contribution is 2.36. The van der Waals surface area contributed by atoms with E-state index in [1.807, 2.05) is 54.6 Å². The Balaban J connectivity index is 1.84. The third-order valence-corrected chi connectivity index (χ3v) is 8.36. The van der Waals surface area contributed by atoms with Gasteiger partial charge in [-0.3, -0.25) is 9.36 Å². The van der Waals surface area contributed by atoms with Crippen molar-refractivity contribution in [3.05, 3.63) is 118 Å². The molecule has 0 bridgehead atoms. The number of methoxy groups -OCH3 is 2. The van der Waals surface area contributed by atoms with Gasteiger partial charge in [-0.15, -0.1) is 0 Å². The number of aromatic nitrogens is 1. The summed E-state index contributed by atoms with van der Waals surface area (Å²) in [4.78, 5) is 33.0. The number of hydrogen-bond acceptors (Lipinski definition) is 7. The second-order valence-corrected chi connectivity index (χ2v) is 11.5. The van der Waals surface area contributed by atoms with Crippen LogP contribution in [-0.4, -0.2) is 31.4 Å². The Morgan fingerprint density at radius 2 is 1.77 bits per heavy atom. The maximum Gasteiger partial charge on any atom is 0.338 e. The van der Waals surface area contributed by atoms with Crippen molar-refractivity contribution in [2.75, 3.05) is 20.8 Å². The highest BCUT2D eigenvalue weighted by atomic mass is 79.9. The van der Waals surface area contributed by atoms with E-state index in [1.165, 1.54) is 11.3 Å². The average Bonchev–Trinajstić information content (AvgIpc) is 3.27. The fraction of sp³-hybridized carbons (Fsp3) is 0.167. The second-order valence-electron chi connectivity index (χ2n) is 8.71. The zero-order valence-corrected chi connectivity index (χ0v) is 25.8. The molecular formula is C30H24Br2N2O5S. The topological polar surface area (TPSA) is 79.1 Å². The van der Waals surface area contributed by atoms with Crippen LogP contribution in [0.1, 0.15) is 29.7 Å². The molecule has 0 saturated heterocycles. The molecule has 40 heavy (non-hydrogen) atoms. The fourth-order valence-electron chi connectivity index (χ4n) is 4.59. The van der Waals surface area contributed by atoms with Crippen LogP contribution >= 0.6 is 43.2 Å². The summed E-state index contributed by atoms with van der Waals surface area (Å²) >= 11 is 8.30. The summed E-state index contributed by atoms with van der Waals surface area (Å²) in [7, 11) is 3.17. The molecule has 7 nitrogen and oxygen atoms in total. The highest BCUT2D eigenvalue weighted by Gasteiger charge is 2.35. The quantitative estimate of drug-likeness (QED) is 0.241. The molecule has 3 aromatic carbocycles. The monoisotopic (exact) mass is 682 g/mol. The first-order valence-electron chi connectivity index (χ1n) is 12.3. The molecule has 1 aliphatic rings. The number of carbonyl (C=O) groups excluding carboxylic acids is 1. The SMILES string of the molecule is CCOC(=O)C1=C(c2ccccc2)N=c2s/c(=C\c3cc(Br)cc(Br)c3OC)c(=O)n2[C@@H]1c1ccc(OC)cc1. The number of ether oxygens (including phenoxy) is 3. The Morgan fingerprint density at radius 1 is 1.05 bits per heavy atom. The first-order chi connectivity index (χ1) is 19.4. The van der Waals surface area contributed by atoms with Crippen molar-refractivity contribution in [3.8, 4) is 11.5 Å². The smallest absolute Gasteiger partial charge is 0.338 e. The van der Waals surface area contributed by atoms with Gasteiger partial charge in [-0.05, 0) is 58.8 Å². The lowest BCUT2D eigenvalue weighted by molar-refractivity contribution is -0.138. The van der Waals surface area contributed by atoms with Crippen LogP contribution in [0.15, 0.2) is 91.0 Å². The molecule has 0 amide bonds. The van der Waals surface area contributed by atoms with Gasteiger partial charge in [-0.25, -0.2) is 9.79 Å². The Hall–Kier alpha value is -3.47. The van der Waals surface area contributed by atoms with Gasteiger partial charge in [0, 0.05) is 15.6 Å². The molecule has 204 valence electrons. The summed E-state index contributed by atoms with van der Waals surface area (Å²) in [5, 5.41) is 0. The minimum absolute atomic E-state index is 0.182. The molecule has 10 heteroatoms. The molecule has 0 radical (unpaired) electrons. The van der Waals surface area contributed by atoms with Gasteiger partial charge < -0.3 is 14.2 Å². The normalized spacial score (nSPS) is 14.9. The van der Waals surface area contributed by atoms with Gasteiger partial charge in [0.05, 0.1) is 47.1 Å². The van der Waals surface area contributed by atoms with Gasteiger partial charge in [-0.1, -0.05) is 69.7 Å². The summed E-state index contributed by atoms with van der Waals surface area (Å²) < 4.78 is 20.0. The van der Waals surface area contributed by atoms with Crippen molar-refractivity contribution in [1.82, 2.24) is 4.57 Å². The van der Waals surface area contributed by atoms with Crippen molar-refractivity contribution in [3.63, 3.8) is 0 Å². The number of hydrogen-bond donors (Lipinski definition) is 0. The van der Waals surface area contributed by atoms with E-state index in [0.717, 1.165) is 20.1 Å². The molecule has 0 N–H and O–H groups in total. The number of carbonyl (C=O) groups is 1. The standard InChI is InChI=1S/C30H24Br2N2O5S/c1-4-39-29(36)24-25(17-8-6-5-7-9-17)33-30-34(26(24)18-10-12-21(37-2)13-11-18)28(35)23(40-30)15-19-14-20(31)16-22(32)27(19)38-3/h5-16,26H,4H2,1-3H3/b23-15-/t26-/m1/s1. The molecule has 0 fully saturated rings. The van der Waals surface area contributed by atoms with Crippen LogP contribution in [0.3, 0.4) is 0 Å². The zero-order chi connectivity index (χ0) is 28.4. The molecule has 0 spiro atoms. The lowest BCUT2D eigenvalue weighted by atomic mass is 9.93. The van der Waals surface area contributed by atoms with E-state index in [9.17, 15) is 9.59 Å². The van der Waals surface area contributed by atoms with Crippen LogP contribution in [0.4, 0.5) is 0 Å². The van der Waals surface area contributed by atoms with Crippen LogP contribution in [0.5, 0.6) is 11.5 Å². The molecule has 1 aliphatic heterocycles. The molecular weight excluding hydrogens is 660 g/mol. The number of halogens is 2. The molecule has 0 saturated carbocycles. The van der Waals surface area contributed by atoms with Gasteiger partial charge >= 0.3 is 5.97 Å². The summed E-state index contributed by atoms with van der Waals surface area (Å²) in [6.07, 6.45) is 1.78. The molecule has 1 atom stereocenters. The van der Waals surface area contributed by atoms with Crippen LogP contribution in [-0.2, 0) is 9.53 Å². The van der Waals surface area contributed by atoms with Gasteiger partial charge in [0.25, 0.3) is 5.56 Å². The van der Waals surface area contributed by atoms with E-state index in [-0.39, 0.29) is 12.2 Å². The minimum atomic E-state index is -0.769. The summed E-state index contributed by atoms with van der Waals surface area (Å²) in [5.74, 6) is 0.726. The largest absolute Gasteiger partial charge is 0.497 e. The molecule has 4 aromatic rings. The first-order valence-corrected chi connectivity index (χ1v) is 14.7. The molecule has 0 aliphatic carbocycles. The Kier molecular flexibility index (Phi) is 8.39. The van der Waals surface area contributed by atoms with E-state index in [2.05, 4.69) is 31.9 Å². The zero-order valence-electron chi connectivity index (χ0n) is 21.8. The van der Waals surface area contributed by atoms with E-state index < -0.39 is 12.0 Å². The molecule has 1 aromatic heterocycles. The number of rotatable bonds is 7. The van der Waals surface area contributed by atoms with Crippen LogP contribution in [0.2, 0.25) is 0 Å².